The summed E-state index contributed by atoms with van der Waals surface area (Å²) in [6, 6.07) is 23.6. The normalized spacial score (nSPS) is 30.8. The maximum Gasteiger partial charge on any atom is 0.303 e. The van der Waals surface area contributed by atoms with E-state index in [2.05, 4.69) is 0 Å². The molecular formula is C37H44O12. The minimum absolute atomic E-state index is 0.0148. The summed E-state index contributed by atoms with van der Waals surface area (Å²) < 4.78 is 61.2. The highest BCUT2D eigenvalue weighted by Gasteiger charge is 2.56. The van der Waals surface area contributed by atoms with Crippen molar-refractivity contribution in [2.24, 2.45) is 0 Å². The molecule has 0 bridgehead atoms. The highest BCUT2D eigenvalue weighted by molar-refractivity contribution is 5.82. The second-order valence-electron chi connectivity index (χ2n) is 12.8. The van der Waals surface area contributed by atoms with E-state index in [1.807, 2.05) is 72.8 Å². The maximum atomic E-state index is 12.6. The van der Waals surface area contributed by atoms with Gasteiger partial charge in [-0.25, -0.2) is 0 Å². The van der Waals surface area contributed by atoms with E-state index in [0.717, 1.165) is 21.9 Å². The molecule has 3 fully saturated rings. The predicted octanol–water partition coefficient (Wildman–Crippen LogP) is 4.44. The number of hydrogen-bond acceptors (Lipinski definition) is 12. The van der Waals surface area contributed by atoms with Crippen molar-refractivity contribution in [3.63, 3.8) is 0 Å². The van der Waals surface area contributed by atoms with Crippen LogP contribution in [-0.4, -0.2) is 93.4 Å². The molecule has 0 radical (unpaired) electrons. The number of esters is 2. The summed E-state index contributed by atoms with van der Waals surface area (Å²) >= 11 is 0. The van der Waals surface area contributed by atoms with E-state index in [4.69, 9.17) is 47.4 Å². The van der Waals surface area contributed by atoms with Crippen LogP contribution in [0.5, 0.6) is 0 Å². The highest BCUT2D eigenvalue weighted by Crippen LogP contribution is 2.39. The summed E-state index contributed by atoms with van der Waals surface area (Å²) in [7, 11) is 1.53. The van der Waals surface area contributed by atoms with Crippen molar-refractivity contribution in [1.29, 1.82) is 0 Å². The molecule has 3 aliphatic rings. The molecule has 3 aromatic carbocycles. The zero-order valence-electron chi connectivity index (χ0n) is 28.4. The van der Waals surface area contributed by atoms with Crippen LogP contribution in [0.2, 0.25) is 0 Å². The molecule has 264 valence electrons. The Morgan fingerprint density at radius 3 is 2.20 bits per heavy atom. The smallest absolute Gasteiger partial charge is 0.303 e. The van der Waals surface area contributed by atoms with Gasteiger partial charge >= 0.3 is 11.9 Å². The molecule has 49 heavy (non-hydrogen) atoms. The molecule has 12 heteroatoms. The molecule has 0 amide bonds. The number of benzene rings is 3. The van der Waals surface area contributed by atoms with Gasteiger partial charge in [0, 0.05) is 21.0 Å². The van der Waals surface area contributed by atoms with Gasteiger partial charge in [-0.15, -0.1) is 0 Å². The maximum absolute atomic E-state index is 12.6. The Hall–Kier alpha value is -3.46. The molecule has 3 heterocycles. The third kappa shape index (κ3) is 8.65. The molecule has 12 nitrogen and oxygen atoms in total. The molecule has 0 spiro atoms. The lowest BCUT2D eigenvalue weighted by Crippen LogP contribution is -2.64. The summed E-state index contributed by atoms with van der Waals surface area (Å²) in [5.74, 6) is -2.08. The number of methoxy groups -OCH3 is 1. The zero-order valence-corrected chi connectivity index (χ0v) is 28.4. The summed E-state index contributed by atoms with van der Waals surface area (Å²) in [4.78, 5) is 25.1. The first-order valence-corrected chi connectivity index (χ1v) is 16.5. The van der Waals surface area contributed by atoms with Gasteiger partial charge in [-0.05, 0) is 41.8 Å². The Balaban J connectivity index is 1.30. The van der Waals surface area contributed by atoms with Gasteiger partial charge in [-0.2, -0.15) is 0 Å². The highest BCUT2D eigenvalue weighted by atomic mass is 16.8. The van der Waals surface area contributed by atoms with Crippen LogP contribution in [0.3, 0.4) is 0 Å². The molecule has 6 rings (SSSR count). The van der Waals surface area contributed by atoms with Crippen molar-refractivity contribution in [3.05, 3.63) is 83.9 Å². The Morgan fingerprint density at radius 2 is 1.47 bits per heavy atom. The fraction of sp³-hybridized carbons (Fsp3) is 0.514. The van der Waals surface area contributed by atoms with Crippen molar-refractivity contribution >= 4 is 22.7 Å². The second-order valence-corrected chi connectivity index (χ2v) is 12.8. The van der Waals surface area contributed by atoms with Gasteiger partial charge < -0.3 is 47.4 Å². The number of ether oxygens (including phenoxy) is 10. The van der Waals surface area contributed by atoms with Gasteiger partial charge in [0.15, 0.2) is 30.6 Å². The fourth-order valence-corrected chi connectivity index (χ4v) is 6.54. The van der Waals surface area contributed by atoms with Gasteiger partial charge in [0.05, 0.1) is 26.4 Å². The first-order valence-electron chi connectivity index (χ1n) is 16.5. The lowest BCUT2D eigenvalue weighted by Gasteiger charge is -2.46. The first kappa shape index (κ1) is 35.4. The van der Waals surface area contributed by atoms with Gasteiger partial charge in [0.25, 0.3) is 0 Å². The summed E-state index contributed by atoms with van der Waals surface area (Å²) in [5.41, 5.74) is 1.83. The van der Waals surface area contributed by atoms with Gasteiger partial charge in [-0.1, -0.05) is 66.7 Å². The van der Waals surface area contributed by atoms with Crippen LogP contribution >= 0.6 is 0 Å². The lowest BCUT2D eigenvalue weighted by molar-refractivity contribution is -0.341. The number of rotatable bonds is 12. The van der Waals surface area contributed by atoms with Crippen molar-refractivity contribution in [3.8, 4) is 0 Å². The van der Waals surface area contributed by atoms with Crippen LogP contribution in [0.4, 0.5) is 0 Å². The Morgan fingerprint density at radius 1 is 0.776 bits per heavy atom. The average Bonchev–Trinajstić information content (AvgIpc) is 3.41. The van der Waals surface area contributed by atoms with Crippen LogP contribution < -0.4 is 0 Å². The number of carbonyl (C=O) groups is 2. The van der Waals surface area contributed by atoms with E-state index in [0.29, 0.717) is 0 Å². The average molecular weight is 681 g/mol. The van der Waals surface area contributed by atoms with Crippen molar-refractivity contribution in [1.82, 2.24) is 0 Å². The van der Waals surface area contributed by atoms with Crippen LogP contribution in [0.25, 0.3) is 10.8 Å². The fourth-order valence-electron chi connectivity index (χ4n) is 6.54. The second kappa shape index (κ2) is 15.6. The molecular weight excluding hydrogens is 636 g/mol. The van der Waals surface area contributed by atoms with Crippen LogP contribution in [0, 0.1) is 0 Å². The minimum atomic E-state index is -1.19. The lowest BCUT2D eigenvalue weighted by atomic mass is 9.97. The molecule has 0 aliphatic carbocycles. The summed E-state index contributed by atoms with van der Waals surface area (Å²) in [6.45, 7) is 6.69. The van der Waals surface area contributed by atoms with Crippen LogP contribution in [0.1, 0.15) is 38.8 Å². The third-order valence-corrected chi connectivity index (χ3v) is 8.61. The summed E-state index contributed by atoms with van der Waals surface area (Å²) in [5, 5.41) is 2.13. The number of carbonyl (C=O) groups excluding carboxylic acids is 2. The van der Waals surface area contributed by atoms with E-state index in [1.54, 1.807) is 13.8 Å². The molecule has 3 aromatic rings. The molecule has 0 aromatic heterocycles. The number of fused-ring (bicyclic) bond motifs is 2. The Kier molecular flexibility index (Phi) is 11.3. The van der Waals surface area contributed by atoms with E-state index in [-0.39, 0.29) is 26.4 Å². The molecule has 9 atom stereocenters. The van der Waals surface area contributed by atoms with Crippen molar-refractivity contribution in [2.45, 2.75) is 102 Å². The predicted molar refractivity (Wildman–Crippen MR) is 174 cm³/mol. The Labute approximate surface area is 285 Å². The van der Waals surface area contributed by atoms with E-state index in [9.17, 15) is 9.59 Å². The van der Waals surface area contributed by atoms with Crippen molar-refractivity contribution < 1.29 is 57.0 Å². The van der Waals surface area contributed by atoms with Crippen LogP contribution in [-0.2, 0) is 70.2 Å². The number of hydrogen-bond donors (Lipinski definition) is 0. The molecule has 0 N–H and O–H groups in total. The topological polar surface area (TPSA) is 126 Å². The van der Waals surface area contributed by atoms with E-state index >= 15 is 0 Å². The monoisotopic (exact) mass is 680 g/mol. The molecule has 3 saturated heterocycles. The SMILES string of the molecule is CO[C@@H]1OC[C@@H](O[C@H]2O[C@H](COCc3ccccc3)[C@@H](OC(C)=O)[C@H](OCc3ccc4ccccc4c3)[C@@H]2OC(C)=O)[C@@H]2OC(C)(C)O[C@@H]12. The Bertz CT molecular complexity index is 1560. The van der Waals surface area contributed by atoms with E-state index in [1.165, 1.54) is 21.0 Å². The molecule has 0 unspecified atom stereocenters. The third-order valence-electron chi connectivity index (χ3n) is 8.61. The van der Waals surface area contributed by atoms with E-state index < -0.39 is 73.0 Å². The molecule has 0 saturated carbocycles. The molecule has 3 aliphatic heterocycles. The minimum Gasteiger partial charge on any atom is -0.457 e. The standard InChI is InChI=1S/C37H44O12/c1-22(38)44-30-28(20-41-18-24-11-7-6-8-12-24)46-36(47-29-21-43-35(40-5)34-31(29)48-37(3,4)49-34)33(45-23(2)39)32(30)42-19-25-15-16-26-13-9-10-14-27(26)17-25/h6-17,28-36H,18-21H2,1-5H3/t28-,29-,30-,31+,32+,33+,34-,35-,36-/m1/s1. The van der Waals surface area contributed by atoms with Gasteiger partial charge in [-0.3, -0.25) is 9.59 Å². The van der Waals surface area contributed by atoms with Gasteiger partial charge in [0.2, 0.25) is 0 Å². The zero-order chi connectivity index (χ0) is 34.5. The largest absolute Gasteiger partial charge is 0.457 e. The summed E-state index contributed by atoms with van der Waals surface area (Å²) in [6.07, 6.45) is -7.80. The first-order chi connectivity index (χ1) is 23.6. The van der Waals surface area contributed by atoms with Gasteiger partial charge in [0.1, 0.15) is 30.5 Å². The quantitative estimate of drug-likeness (QED) is 0.251. The van der Waals surface area contributed by atoms with Crippen LogP contribution in [0.15, 0.2) is 72.8 Å². The van der Waals surface area contributed by atoms with Crippen molar-refractivity contribution in [2.75, 3.05) is 20.3 Å².